The summed E-state index contributed by atoms with van der Waals surface area (Å²) in [5, 5.41) is 0.990. The van der Waals surface area contributed by atoms with Gasteiger partial charge < -0.3 is 14.7 Å². The zero-order valence-corrected chi connectivity index (χ0v) is 23.6. The van der Waals surface area contributed by atoms with E-state index >= 15 is 0 Å². The van der Waals surface area contributed by atoms with Gasteiger partial charge in [-0.2, -0.15) is 0 Å². The molecule has 2 aliphatic carbocycles. The summed E-state index contributed by atoms with van der Waals surface area (Å²) in [6, 6.07) is 5.55. The van der Waals surface area contributed by atoms with Crippen molar-refractivity contribution in [1.29, 1.82) is 0 Å². The second-order valence-electron chi connectivity index (χ2n) is 12.1. The van der Waals surface area contributed by atoms with Crippen LogP contribution in [0.15, 0.2) is 18.2 Å². The molecule has 1 aromatic rings. The van der Waals surface area contributed by atoms with E-state index in [-0.39, 0.29) is 41.0 Å². The third kappa shape index (κ3) is 5.66. The van der Waals surface area contributed by atoms with Crippen molar-refractivity contribution >= 4 is 40.9 Å². The Hall–Kier alpha value is -1.79. The lowest BCUT2D eigenvalue weighted by Crippen LogP contribution is -2.46. The molecule has 2 saturated heterocycles. The largest absolute Gasteiger partial charge is 0.342 e. The summed E-state index contributed by atoms with van der Waals surface area (Å²) in [6.45, 7) is 4.42. The van der Waals surface area contributed by atoms with Crippen LogP contribution in [-0.2, 0) is 14.4 Å². The van der Waals surface area contributed by atoms with Crippen LogP contribution >= 0.6 is 23.2 Å². The van der Waals surface area contributed by atoms with Gasteiger partial charge in [0.05, 0.1) is 16.1 Å². The fourth-order valence-corrected chi connectivity index (χ4v) is 6.90. The molecule has 0 aromatic heterocycles. The van der Waals surface area contributed by atoms with Crippen LogP contribution < -0.4 is 0 Å². The number of carbonyl (C=O) groups is 3. The van der Waals surface area contributed by atoms with Crippen molar-refractivity contribution in [3.8, 4) is 0 Å². The van der Waals surface area contributed by atoms with Gasteiger partial charge in [0.2, 0.25) is 17.7 Å². The fraction of sp³-hybridized carbons (Fsp3) is 0.690. The monoisotopic (exact) mass is 547 g/mol. The molecule has 4 aliphatic rings. The number of hydrogen-bond acceptors (Lipinski definition) is 3. The Morgan fingerprint density at radius 3 is 2.27 bits per heavy atom. The van der Waals surface area contributed by atoms with Crippen LogP contribution in [0.1, 0.15) is 76.2 Å². The molecule has 6 nitrogen and oxygen atoms in total. The van der Waals surface area contributed by atoms with E-state index < -0.39 is 0 Å². The minimum absolute atomic E-state index is 0.0206. The molecule has 3 amide bonds. The average molecular weight is 549 g/mol. The molecule has 0 bridgehead atoms. The lowest BCUT2D eigenvalue weighted by atomic mass is 9.92. The SMILES string of the molecule is CN(C(=O)CC1CCCC1)C1CN(C(=O)C2CCN(C(=O)C3(C)CC3)CC2)CC1c1ccc(Cl)c(Cl)c1. The zero-order chi connectivity index (χ0) is 26.3. The first-order valence-electron chi connectivity index (χ1n) is 13.9. The van der Waals surface area contributed by atoms with Crippen LogP contribution in [0, 0.1) is 17.3 Å². The third-order valence-electron chi connectivity index (χ3n) is 9.45. The maximum absolute atomic E-state index is 13.7. The van der Waals surface area contributed by atoms with Gasteiger partial charge in [-0.15, -0.1) is 0 Å². The van der Waals surface area contributed by atoms with Gasteiger partial charge in [-0.1, -0.05) is 49.0 Å². The van der Waals surface area contributed by atoms with E-state index in [2.05, 4.69) is 0 Å². The van der Waals surface area contributed by atoms with Gasteiger partial charge in [-0.25, -0.2) is 0 Å². The third-order valence-corrected chi connectivity index (χ3v) is 10.2. The molecule has 202 valence electrons. The summed E-state index contributed by atoms with van der Waals surface area (Å²) >= 11 is 12.6. The Morgan fingerprint density at radius 1 is 0.973 bits per heavy atom. The van der Waals surface area contributed by atoms with E-state index in [1.54, 1.807) is 6.07 Å². The minimum atomic E-state index is -0.165. The predicted molar refractivity (Wildman–Crippen MR) is 146 cm³/mol. The lowest BCUT2D eigenvalue weighted by Gasteiger charge is -2.34. The summed E-state index contributed by atoms with van der Waals surface area (Å²) in [5.41, 5.74) is 0.843. The van der Waals surface area contributed by atoms with Gasteiger partial charge >= 0.3 is 0 Å². The number of piperidine rings is 1. The van der Waals surface area contributed by atoms with Crippen molar-refractivity contribution in [2.75, 3.05) is 33.2 Å². The van der Waals surface area contributed by atoms with Crippen molar-refractivity contribution in [2.45, 2.75) is 76.7 Å². The van der Waals surface area contributed by atoms with Gasteiger partial charge in [0.1, 0.15) is 0 Å². The number of amides is 3. The van der Waals surface area contributed by atoms with Crippen molar-refractivity contribution in [3.63, 3.8) is 0 Å². The number of rotatable bonds is 6. The number of carbonyl (C=O) groups excluding carboxylic acids is 3. The summed E-state index contributed by atoms with van der Waals surface area (Å²) in [5.74, 6) is 0.937. The molecule has 0 spiro atoms. The molecular weight excluding hydrogens is 509 g/mol. The predicted octanol–water partition coefficient (Wildman–Crippen LogP) is 5.37. The van der Waals surface area contributed by atoms with Gasteiger partial charge in [0.15, 0.2) is 0 Å². The van der Waals surface area contributed by atoms with E-state index in [1.807, 2.05) is 40.8 Å². The van der Waals surface area contributed by atoms with Crippen LogP contribution in [0.4, 0.5) is 0 Å². The summed E-state index contributed by atoms with van der Waals surface area (Å²) in [7, 11) is 1.89. The van der Waals surface area contributed by atoms with E-state index in [0.717, 1.165) is 31.2 Å². The normalized spacial score (nSPS) is 25.9. The molecule has 2 atom stereocenters. The molecule has 2 unspecified atom stereocenters. The van der Waals surface area contributed by atoms with Gasteiger partial charge in [0.25, 0.3) is 0 Å². The molecule has 2 aliphatic heterocycles. The van der Waals surface area contributed by atoms with Gasteiger partial charge in [0, 0.05) is 56.9 Å². The molecule has 0 N–H and O–H groups in total. The highest BCUT2D eigenvalue weighted by atomic mass is 35.5. The van der Waals surface area contributed by atoms with Gasteiger partial charge in [-0.3, -0.25) is 14.4 Å². The van der Waals surface area contributed by atoms with E-state index in [9.17, 15) is 14.4 Å². The number of likely N-dealkylation sites (tertiary alicyclic amines) is 2. The molecule has 0 radical (unpaired) electrons. The zero-order valence-electron chi connectivity index (χ0n) is 22.1. The Labute approximate surface area is 230 Å². The number of hydrogen-bond donors (Lipinski definition) is 0. The van der Waals surface area contributed by atoms with Crippen LogP contribution in [0.2, 0.25) is 10.0 Å². The smallest absolute Gasteiger partial charge is 0.228 e. The summed E-state index contributed by atoms with van der Waals surface area (Å²) < 4.78 is 0. The van der Waals surface area contributed by atoms with E-state index in [4.69, 9.17) is 23.2 Å². The minimum Gasteiger partial charge on any atom is -0.342 e. The molecule has 2 saturated carbocycles. The van der Waals surface area contributed by atoms with Crippen LogP contribution in [-0.4, -0.2) is 71.7 Å². The highest BCUT2D eigenvalue weighted by Gasteiger charge is 2.48. The lowest BCUT2D eigenvalue weighted by molar-refractivity contribution is -0.142. The molecule has 1 aromatic carbocycles. The second kappa shape index (κ2) is 10.8. The Morgan fingerprint density at radius 2 is 1.65 bits per heavy atom. The Balaban J connectivity index is 1.28. The highest BCUT2D eigenvalue weighted by molar-refractivity contribution is 6.42. The molecule has 2 heterocycles. The Bertz CT molecular complexity index is 1040. The first-order chi connectivity index (χ1) is 17.7. The van der Waals surface area contributed by atoms with E-state index in [0.29, 0.717) is 61.4 Å². The molecule has 37 heavy (non-hydrogen) atoms. The number of nitrogens with zero attached hydrogens (tertiary/aromatic N) is 3. The number of halogens is 2. The summed E-state index contributed by atoms with van der Waals surface area (Å²) in [6.07, 6.45) is 8.63. The number of likely N-dealkylation sites (N-methyl/N-ethyl adjacent to an activating group) is 1. The molecular formula is C29H39Cl2N3O3. The Kier molecular flexibility index (Phi) is 7.80. The highest BCUT2D eigenvalue weighted by Crippen LogP contribution is 2.47. The molecule has 4 fully saturated rings. The fourth-order valence-electron chi connectivity index (χ4n) is 6.59. The number of benzene rings is 1. The van der Waals surface area contributed by atoms with Crippen LogP contribution in [0.3, 0.4) is 0 Å². The quantitative estimate of drug-likeness (QED) is 0.481. The summed E-state index contributed by atoms with van der Waals surface area (Å²) in [4.78, 5) is 45.5. The second-order valence-corrected chi connectivity index (χ2v) is 12.9. The van der Waals surface area contributed by atoms with Crippen molar-refractivity contribution in [1.82, 2.24) is 14.7 Å². The van der Waals surface area contributed by atoms with Gasteiger partial charge in [-0.05, 0) is 62.1 Å². The van der Waals surface area contributed by atoms with Crippen molar-refractivity contribution < 1.29 is 14.4 Å². The van der Waals surface area contributed by atoms with Crippen LogP contribution in [0.5, 0.6) is 0 Å². The molecule has 5 rings (SSSR count). The average Bonchev–Trinajstić information content (AvgIpc) is 3.26. The van der Waals surface area contributed by atoms with Crippen LogP contribution in [0.25, 0.3) is 0 Å². The maximum Gasteiger partial charge on any atom is 0.228 e. The topological polar surface area (TPSA) is 60.9 Å². The van der Waals surface area contributed by atoms with E-state index in [1.165, 1.54) is 12.8 Å². The standard InChI is InChI=1S/C29H39Cl2N3O3/c1-29(11-12-29)28(37)33-13-9-20(10-14-33)27(36)34-17-22(21-7-8-23(30)24(31)16-21)25(18-34)32(2)26(35)15-19-5-3-4-6-19/h7-8,16,19-20,22,25H,3-6,9-15,17-18H2,1-2H3. The molecule has 8 heteroatoms. The van der Waals surface area contributed by atoms with Crippen molar-refractivity contribution in [2.24, 2.45) is 17.3 Å². The first kappa shape index (κ1) is 26.8. The van der Waals surface area contributed by atoms with Crippen molar-refractivity contribution in [3.05, 3.63) is 33.8 Å². The maximum atomic E-state index is 13.7. The first-order valence-corrected chi connectivity index (χ1v) is 14.7.